The molecule has 0 radical (unpaired) electrons. The van der Waals surface area contributed by atoms with Gasteiger partial charge >= 0.3 is 11.8 Å². The summed E-state index contributed by atoms with van der Waals surface area (Å²) < 4.78 is 29.1. The number of carbonyl (C=O) groups is 2. The van der Waals surface area contributed by atoms with Crippen LogP contribution in [0, 0.1) is 0 Å². The van der Waals surface area contributed by atoms with Crippen molar-refractivity contribution in [3.05, 3.63) is 131 Å². The lowest BCUT2D eigenvalue weighted by atomic mass is 9.79. The van der Waals surface area contributed by atoms with Gasteiger partial charge in [0.15, 0.2) is 5.09 Å². The third-order valence-electron chi connectivity index (χ3n) is 8.14. The number of hydrogen-bond acceptors (Lipinski definition) is 9. The molecule has 1 atom stereocenters. The number of hydrazine groups is 1. The molecule has 0 bridgehead atoms. The van der Waals surface area contributed by atoms with Gasteiger partial charge in [-0.05, 0) is 113 Å². The average molecular weight is 763 g/mol. The van der Waals surface area contributed by atoms with Gasteiger partial charge in [-0.15, -0.1) is 0 Å². The molecule has 0 aliphatic carbocycles. The first kappa shape index (κ1) is 38.5. The van der Waals surface area contributed by atoms with Gasteiger partial charge in [-0.1, -0.05) is 71.9 Å². The molecule has 6 N–H and O–H groups in total. The van der Waals surface area contributed by atoms with E-state index in [4.69, 9.17) is 16.4 Å². The number of benzene rings is 4. The van der Waals surface area contributed by atoms with Crippen LogP contribution in [0.4, 0.5) is 17.1 Å². The van der Waals surface area contributed by atoms with Crippen LogP contribution in [-0.2, 0) is 24.4 Å². The van der Waals surface area contributed by atoms with Crippen molar-refractivity contribution in [1.82, 2.24) is 16.1 Å². The van der Waals surface area contributed by atoms with Crippen LogP contribution in [0.2, 0.25) is 5.02 Å². The number of halogens is 1. The van der Waals surface area contributed by atoms with Crippen LogP contribution in [0.25, 0.3) is 0 Å². The van der Waals surface area contributed by atoms with Gasteiger partial charge in [0.1, 0.15) is 0 Å². The number of carbonyl (C=O) groups excluding carboxylic acids is 2. The second kappa shape index (κ2) is 16.3. The van der Waals surface area contributed by atoms with Crippen LogP contribution in [0.15, 0.2) is 120 Å². The minimum absolute atomic E-state index is 0.00342. The van der Waals surface area contributed by atoms with E-state index < -0.39 is 21.8 Å². The Morgan fingerprint density at radius 1 is 0.827 bits per heavy atom. The molecule has 0 aromatic heterocycles. The molecule has 1 unspecified atom stereocenters. The smallest absolute Gasteiger partial charge is 0.327 e. The van der Waals surface area contributed by atoms with E-state index in [0.717, 1.165) is 11.1 Å². The summed E-state index contributed by atoms with van der Waals surface area (Å²) in [5, 5.41) is 7.26. The normalized spacial score (nSPS) is 15.8. The second-order valence-electron chi connectivity index (χ2n) is 13.8. The first-order chi connectivity index (χ1) is 24.6. The van der Waals surface area contributed by atoms with E-state index in [1.807, 2.05) is 54.6 Å². The molecule has 4 aromatic carbocycles. The standard InChI is InChI=1S/C38H43ClN6O5S2/c1-25(51-34(26-10-7-6-8-11-26)27-14-16-28(39)17-15-27)50-43-31-12-9-13-33(22-31)52(48,49)44-30-20-18-29(19-21-30)41-42-36(47)35(46)40-32-23-37(2,3)45-38(4,5)24-32/h6-22,32,34,41,43-45H,1,23-24H2,2-5H3,(H,40,46)(H,42,47). The summed E-state index contributed by atoms with van der Waals surface area (Å²) in [6, 6.07) is 29.7. The Balaban J connectivity index is 1.13. The highest BCUT2D eigenvalue weighted by atomic mass is 35.5. The SMILES string of the molecule is C=C(ONc1cccc(S(=O)(=O)Nc2ccc(NNC(=O)C(=O)NC3CC(C)(C)NC(C)(C)C3)cc2)c1)SC(c1ccccc1)c1ccc(Cl)cc1. The van der Waals surface area contributed by atoms with Crippen molar-refractivity contribution >= 4 is 62.3 Å². The fraction of sp³-hybridized carbons (Fsp3) is 0.263. The molecule has 0 saturated carbocycles. The number of rotatable bonds is 13. The summed E-state index contributed by atoms with van der Waals surface area (Å²) in [5.74, 6) is -1.58. The lowest BCUT2D eigenvalue weighted by molar-refractivity contribution is -0.139. The van der Waals surface area contributed by atoms with Gasteiger partial charge in [0.05, 0.1) is 21.5 Å². The number of thioether (sulfide) groups is 1. The Morgan fingerprint density at radius 3 is 2.10 bits per heavy atom. The van der Waals surface area contributed by atoms with Gasteiger partial charge in [0.2, 0.25) is 0 Å². The zero-order chi connectivity index (χ0) is 37.5. The van der Waals surface area contributed by atoms with Crippen molar-refractivity contribution < 1.29 is 22.8 Å². The van der Waals surface area contributed by atoms with Crippen LogP contribution in [0.1, 0.15) is 56.9 Å². The van der Waals surface area contributed by atoms with Crippen molar-refractivity contribution in [1.29, 1.82) is 0 Å². The Kier molecular flexibility index (Phi) is 12.1. The molecule has 11 nitrogen and oxygen atoms in total. The lowest BCUT2D eigenvalue weighted by Gasteiger charge is -2.46. The average Bonchev–Trinajstić information content (AvgIpc) is 3.08. The first-order valence-corrected chi connectivity index (χ1v) is 19.3. The first-order valence-electron chi connectivity index (χ1n) is 16.6. The largest absolute Gasteiger partial charge is 0.376 e. The van der Waals surface area contributed by atoms with E-state index in [0.29, 0.717) is 40.0 Å². The van der Waals surface area contributed by atoms with Crippen molar-refractivity contribution in [3.8, 4) is 0 Å². The molecule has 1 saturated heterocycles. The van der Waals surface area contributed by atoms with Crippen molar-refractivity contribution in [2.24, 2.45) is 0 Å². The summed E-state index contributed by atoms with van der Waals surface area (Å²) >= 11 is 7.51. The molecule has 2 amide bonds. The maximum atomic E-state index is 13.3. The van der Waals surface area contributed by atoms with Gasteiger partial charge in [0.25, 0.3) is 10.0 Å². The second-order valence-corrected chi connectivity index (χ2v) is 17.1. The third-order valence-corrected chi connectivity index (χ3v) is 10.9. The van der Waals surface area contributed by atoms with E-state index in [9.17, 15) is 18.0 Å². The summed E-state index contributed by atoms with van der Waals surface area (Å²) in [6.45, 7) is 12.3. The lowest BCUT2D eigenvalue weighted by Crippen LogP contribution is -2.63. The third kappa shape index (κ3) is 10.9. The van der Waals surface area contributed by atoms with Crippen LogP contribution < -0.4 is 31.7 Å². The monoisotopic (exact) mass is 762 g/mol. The zero-order valence-electron chi connectivity index (χ0n) is 29.3. The zero-order valence-corrected chi connectivity index (χ0v) is 31.7. The Hall–Kier alpha value is -4.69. The van der Waals surface area contributed by atoms with Crippen molar-refractivity contribution in [2.75, 3.05) is 15.6 Å². The minimum Gasteiger partial charge on any atom is -0.376 e. The molecule has 1 aliphatic rings. The topological polar surface area (TPSA) is 150 Å². The number of anilines is 3. The highest BCUT2D eigenvalue weighted by Gasteiger charge is 2.38. The van der Waals surface area contributed by atoms with E-state index in [2.05, 4.69) is 66.0 Å². The van der Waals surface area contributed by atoms with Gasteiger partial charge in [-0.2, -0.15) is 0 Å². The van der Waals surface area contributed by atoms with Gasteiger partial charge in [-0.3, -0.25) is 25.2 Å². The molecular weight excluding hydrogens is 720 g/mol. The molecule has 4 aromatic rings. The number of piperidine rings is 1. The summed E-state index contributed by atoms with van der Waals surface area (Å²) in [7, 11) is -3.98. The van der Waals surface area contributed by atoms with E-state index >= 15 is 0 Å². The molecule has 14 heteroatoms. The number of nitrogens with one attached hydrogen (secondary N) is 6. The Morgan fingerprint density at radius 2 is 1.44 bits per heavy atom. The van der Waals surface area contributed by atoms with Crippen molar-refractivity contribution in [3.63, 3.8) is 0 Å². The maximum absolute atomic E-state index is 13.3. The summed E-state index contributed by atoms with van der Waals surface area (Å²) in [5.41, 5.74) is 10.7. The van der Waals surface area contributed by atoms with Crippen LogP contribution >= 0.6 is 23.4 Å². The van der Waals surface area contributed by atoms with E-state index in [-0.39, 0.29) is 27.3 Å². The van der Waals surface area contributed by atoms with Crippen LogP contribution in [-0.4, -0.2) is 37.4 Å². The van der Waals surface area contributed by atoms with Gasteiger partial charge in [0, 0.05) is 27.8 Å². The molecule has 5 rings (SSSR count). The fourth-order valence-corrected chi connectivity index (χ4v) is 8.46. The van der Waals surface area contributed by atoms with Gasteiger partial charge < -0.3 is 15.5 Å². The Labute approximate surface area is 314 Å². The predicted molar refractivity (Wildman–Crippen MR) is 209 cm³/mol. The van der Waals surface area contributed by atoms with E-state index in [1.165, 1.54) is 36.0 Å². The quantitative estimate of drug-likeness (QED) is 0.0467. The minimum atomic E-state index is -3.98. The Bertz CT molecular complexity index is 1980. The molecule has 0 spiro atoms. The van der Waals surface area contributed by atoms with Crippen molar-refractivity contribution in [2.45, 2.75) is 67.8 Å². The van der Waals surface area contributed by atoms with E-state index in [1.54, 1.807) is 24.3 Å². The molecule has 1 heterocycles. The number of hydrogen-bond donors (Lipinski definition) is 6. The summed E-state index contributed by atoms with van der Waals surface area (Å²) in [4.78, 5) is 30.8. The molecule has 1 aliphatic heterocycles. The summed E-state index contributed by atoms with van der Waals surface area (Å²) in [6.07, 6.45) is 1.37. The highest BCUT2D eigenvalue weighted by molar-refractivity contribution is 8.03. The molecule has 1 fully saturated rings. The predicted octanol–water partition coefficient (Wildman–Crippen LogP) is 7.35. The van der Waals surface area contributed by atoms with Crippen LogP contribution in [0.5, 0.6) is 0 Å². The van der Waals surface area contributed by atoms with Crippen LogP contribution in [0.3, 0.4) is 0 Å². The molecular formula is C38H43ClN6O5S2. The van der Waals surface area contributed by atoms with Gasteiger partial charge in [-0.25, -0.2) is 13.9 Å². The maximum Gasteiger partial charge on any atom is 0.327 e. The number of sulfonamides is 1. The fourth-order valence-electron chi connectivity index (χ4n) is 6.29. The highest BCUT2D eigenvalue weighted by Crippen LogP contribution is 2.40. The number of amides is 2. The molecule has 52 heavy (non-hydrogen) atoms. The molecule has 274 valence electrons.